The van der Waals surface area contributed by atoms with E-state index in [9.17, 15) is 0 Å². The van der Waals surface area contributed by atoms with Crippen molar-refractivity contribution in [2.24, 2.45) is 7.05 Å². The van der Waals surface area contributed by atoms with Crippen LogP contribution in [0.25, 0.3) is 11.4 Å². The van der Waals surface area contributed by atoms with E-state index in [1.807, 2.05) is 24.6 Å². The summed E-state index contributed by atoms with van der Waals surface area (Å²) in [5, 5.41) is 8.87. The lowest BCUT2D eigenvalue weighted by Gasteiger charge is -2.10. The Bertz CT molecular complexity index is 665. The molecule has 0 bridgehead atoms. The van der Waals surface area contributed by atoms with Crippen molar-refractivity contribution in [1.82, 2.24) is 9.55 Å². The first-order valence-corrected chi connectivity index (χ1v) is 6.68. The maximum Gasteiger partial charge on any atom is 0.143 e. The summed E-state index contributed by atoms with van der Waals surface area (Å²) in [5.74, 6) is 1.65. The molecular weight excluding hydrogens is 250 g/mol. The number of nitriles is 1. The van der Waals surface area contributed by atoms with Gasteiger partial charge in [-0.2, -0.15) is 5.26 Å². The normalized spacial score (nSPS) is 10.3. The minimum Gasteiger partial charge on any atom is -0.496 e. The second kappa shape index (κ2) is 5.79. The van der Waals surface area contributed by atoms with Gasteiger partial charge in [0.15, 0.2) is 0 Å². The summed E-state index contributed by atoms with van der Waals surface area (Å²) >= 11 is 0. The zero-order chi connectivity index (χ0) is 14.7. The molecule has 1 aromatic heterocycles. The number of imidazole rings is 1. The lowest BCUT2D eigenvalue weighted by Crippen LogP contribution is -1.98. The third-order valence-corrected chi connectivity index (χ3v) is 3.64. The fourth-order valence-electron chi connectivity index (χ4n) is 2.27. The van der Waals surface area contributed by atoms with Crippen molar-refractivity contribution in [3.8, 4) is 23.2 Å². The van der Waals surface area contributed by atoms with E-state index in [0.29, 0.717) is 6.42 Å². The fraction of sp³-hybridized carbons (Fsp3) is 0.375. The van der Waals surface area contributed by atoms with Crippen molar-refractivity contribution in [2.45, 2.75) is 26.7 Å². The molecule has 0 saturated carbocycles. The van der Waals surface area contributed by atoms with Crippen molar-refractivity contribution >= 4 is 0 Å². The van der Waals surface area contributed by atoms with Gasteiger partial charge in [-0.15, -0.1) is 0 Å². The van der Waals surface area contributed by atoms with E-state index in [1.165, 1.54) is 5.56 Å². The van der Waals surface area contributed by atoms with E-state index in [4.69, 9.17) is 10.00 Å². The Kier molecular flexibility index (Phi) is 4.09. The van der Waals surface area contributed by atoms with Gasteiger partial charge in [0.05, 0.1) is 30.9 Å². The Hall–Kier alpha value is -2.28. The number of aromatic nitrogens is 2. The molecule has 1 aromatic carbocycles. The Morgan fingerprint density at radius 1 is 1.40 bits per heavy atom. The third kappa shape index (κ3) is 2.39. The van der Waals surface area contributed by atoms with Crippen LogP contribution in [0, 0.1) is 18.3 Å². The Morgan fingerprint density at radius 3 is 2.75 bits per heavy atom. The highest BCUT2D eigenvalue weighted by Gasteiger charge is 2.16. The predicted octanol–water partition coefficient (Wildman–Crippen LogP) is 3.03. The minimum atomic E-state index is 0.329. The van der Waals surface area contributed by atoms with Crippen LogP contribution in [0.5, 0.6) is 5.75 Å². The number of benzene rings is 1. The smallest absolute Gasteiger partial charge is 0.143 e. The van der Waals surface area contributed by atoms with Gasteiger partial charge in [-0.3, -0.25) is 0 Å². The molecule has 104 valence electrons. The number of methoxy groups -OCH3 is 1. The van der Waals surface area contributed by atoms with Crippen LogP contribution >= 0.6 is 0 Å². The summed E-state index contributed by atoms with van der Waals surface area (Å²) in [6.07, 6.45) is 1.29. The highest BCUT2D eigenvalue weighted by Crippen LogP contribution is 2.31. The first-order chi connectivity index (χ1) is 9.62. The van der Waals surface area contributed by atoms with Gasteiger partial charge < -0.3 is 9.30 Å². The molecule has 0 amide bonds. The van der Waals surface area contributed by atoms with E-state index in [0.717, 1.165) is 34.9 Å². The summed E-state index contributed by atoms with van der Waals surface area (Å²) in [6, 6.07) is 8.31. The van der Waals surface area contributed by atoms with Gasteiger partial charge in [0.2, 0.25) is 0 Å². The second-order valence-corrected chi connectivity index (χ2v) is 4.75. The van der Waals surface area contributed by atoms with E-state index in [1.54, 1.807) is 7.11 Å². The summed E-state index contributed by atoms with van der Waals surface area (Å²) in [5.41, 5.74) is 4.06. The number of nitrogens with zero attached hydrogens (tertiary/aromatic N) is 3. The van der Waals surface area contributed by atoms with Crippen molar-refractivity contribution in [2.75, 3.05) is 7.11 Å². The van der Waals surface area contributed by atoms with Crippen molar-refractivity contribution in [1.29, 1.82) is 5.26 Å². The maximum atomic E-state index is 8.87. The van der Waals surface area contributed by atoms with Crippen LogP contribution < -0.4 is 4.74 Å². The largest absolute Gasteiger partial charge is 0.496 e. The molecule has 20 heavy (non-hydrogen) atoms. The van der Waals surface area contributed by atoms with Crippen LogP contribution in [-0.2, 0) is 19.9 Å². The van der Waals surface area contributed by atoms with Gasteiger partial charge in [0, 0.05) is 12.7 Å². The van der Waals surface area contributed by atoms with Crippen LogP contribution in [0.3, 0.4) is 0 Å². The molecule has 0 aliphatic rings. The van der Waals surface area contributed by atoms with Gasteiger partial charge in [0.1, 0.15) is 11.6 Å². The monoisotopic (exact) mass is 269 g/mol. The summed E-state index contributed by atoms with van der Waals surface area (Å²) in [4.78, 5) is 4.61. The maximum absolute atomic E-state index is 8.87. The van der Waals surface area contributed by atoms with Gasteiger partial charge in [0.25, 0.3) is 0 Å². The summed E-state index contributed by atoms with van der Waals surface area (Å²) < 4.78 is 7.46. The number of hydrogen-bond acceptors (Lipinski definition) is 3. The second-order valence-electron chi connectivity index (χ2n) is 4.75. The average molecular weight is 269 g/mol. The first kappa shape index (κ1) is 14.1. The molecule has 0 fully saturated rings. The SMILES string of the molecule is CCc1ccc(OC)c(-c2nc(CC#N)c(C)n2C)c1. The highest BCUT2D eigenvalue weighted by atomic mass is 16.5. The number of ether oxygens (including phenoxy) is 1. The van der Waals surface area contributed by atoms with Gasteiger partial charge in [-0.05, 0) is 31.0 Å². The number of hydrogen-bond donors (Lipinski definition) is 0. The third-order valence-electron chi connectivity index (χ3n) is 3.64. The van der Waals surface area contributed by atoms with E-state index < -0.39 is 0 Å². The lowest BCUT2D eigenvalue weighted by molar-refractivity contribution is 0.416. The van der Waals surface area contributed by atoms with Crippen LogP contribution in [0.2, 0.25) is 0 Å². The molecule has 0 N–H and O–H groups in total. The Morgan fingerprint density at radius 2 is 2.15 bits per heavy atom. The van der Waals surface area contributed by atoms with Crippen molar-refractivity contribution < 1.29 is 4.74 Å². The molecule has 4 heteroatoms. The number of rotatable bonds is 4. The molecule has 1 heterocycles. The van der Waals surface area contributed by atoms with E-state index in [2.05, 4.69) is 30.1 Å². The molecule has 0 spiro atoms. The minimum absolute atomic E-state index is 0.329. The van der Waals surface area contributed by atoms with Crippen molar-refractivity contribution in [3.63, 3.8) is 0 Å². The predicted molar refractivity (Wildman–Crippen MR) is 78.6 cm³/mol. The fourth-order valence-corrected chi connectivity index (χ4v) is 2.27. The molecule has 0 aliphatic carbocycles. The Labute approximate surface area is 119 Å². The van der Waals surface area contributed by atoms with Crippen LogP contribution in [0.1, 0.15) is 23.9 Å². The van der Waals surface area contributed by atoms with Gasteiger partial charge in [-0.25, -0.2) is 4.98 Å². The van der Waals surface area contributed by atoms with E-state index in [-0.39, 0.29) is 0 Å². The standard InChI is InChI=1S/C16H19N3O/c1-5-12-6-7-15(20-4)13(10-12)16-18-14(8-9-17)11(2)19(16)3/h6-7,10H,5,8H2,1-4H3. The molecular formula is C16H19N3O. The molecule has 0 unspecified atom stereocenters. The Balaban J connectivity index is 2.61. The van der Waals surface area contributed by atoms with E-state index >= 15 is 0 Å². The zero-order valence-corrected chi connectivity index (χ0v) is 12.4. The van der Waals surface area contributed by atoms with Crippen LogP contribution in [0.15, 0.2) is 18.2 Å². The molecule has 0 atom stereocenters. The zero-order valence-electron chi connectivity index (χ0n) is 12.4. The van der Waals surface area contributed by atoms with Crippen LogP contribution in [0.4, 0.5) is 0 Å². The molecule has 0 saturated heterocycles. The molecule has 4 nitrogen and oxygen atoms in total. The highest BCUT2D eigenvalue weighted by molar-refractivity contribution is 5.66. The van der Waals surface area contributed by atoms with Crippen molar-refractivity contribution in [3.05, 3.63) is 35.2 Å². The molecule has 2 rings (SSSR count). The summed E-state index contributed by atoms with van der Waals surface area (Å²) in [6.45, 7) is 4.11. The van der Waals surface area contributed by atoms with Crippen LogP contribution in [-0.4, -0.2) is 16.7 Å². The lowest BCUT2D eigenvalue weighted by atomic mass is 10.1. The van der Waals surface area contributed by atoms with Gasteiger partial charge >= 0.3 is 0 Å². The molecule has 0 radical (unpaired) electrons. The topological polar surface area (TPSA) is 50.8 Å². The summed E-state index contributed by atoms with van der Waals surface area (Å²) in [7, 11) is 3.63. The quantitative estimate of drug-likeness (QED) is 0.857. The average Bonchev–Trinajstić information content (AvgIpc) is 2.75. The first-order valence-electron chi connectivity index (χ1n) is 6.68. The number of aryl methyl sites for hydroxylation is 1. The molecule has 0 aliphatic heterocycles. The van der Waals surface area contributed by atoms with Gasteiger partial charge in [-0.1, -0.05) is 13.0 Å². The molecule has 2 aromatic rings.